The van der Waals surface area contributed by atoms with E-state index >= 15 is 0 Å². The molecule has 0 radical (unpaired) electrons. The highest BCUT2D eigenvalue weighted by molar-refractivity contribution is 6.04. The highest BCUT2D eigenvalue weighted by Gasteiger charge is 2.17. The Labute approximate surface area is 144 Å². The minimum atomic E-state index is -0.497. The van der Waals surface area contributed by atoms with Crippen molar-refractivity contribution in [2.75, 3.05) is 5.32 Å². The molecule has 2 heterocycles. The zero-order valence-electron chi connectivity index (χ0n) is 14.1. The van der Waals surface area contributed by atoms with Crippen molar-refractivity contribution in [1.82, 2.24) is 19.3 Å². The lowest BCUT2D eigenvalue weighted by Gasteiger charge is -2.10. The Bertz CT molecular complexity index is 944. The number of anilines is 1. The van der Waals surface area contributed by atoms with Crippen molar-refractivity contribution in [1.29, 1.82) is 0 Å². The number of hydrogen-bond donors (Lipinski definition) is 1. The molecule has 1 amide bonds. The van der Waals surface area contributed by atoms with Crippen LogP contribution in [0.25, 0.3) is 0 Å². The Morgan fingerprint density at radius 3 is 2.64 bits per heavy atom. The maximum atomic E-state index is 12.7. The standard InChI is InChI=1S/C18H19N5O2/c1-13-8-10-23(11-9-14-6-4-3-5-7-14)17(25)15(13)16(24)20-18-19-12-22(2)21-18/h3-8,10,12H,9,11H2,1-2H3,(H,20,21,24). The lowest BCUT2D eigenvalue weighted by molar-refractivity contribution is 0.102. The Morgan fingerprint density at radius 1 is 1.20 bits per heavy atom. The molecule has 0 atom stereocenters. The van der Waals surface area contributed by atoms with Crippen LogP contribution < -0.4 is 10.9 Å². The van der Waals surface area contributed by atoms with E-state index in [-0.39, 0.29) is 17.1 Å². The molecule has 0 saturated heterocycles. The first kappa shape index (κ1) is 16.6. The summed E-state index contributed by atoms with van der Waals surface area (Å²) < 4.78 is 3.03. The Kier molecular flexibility index (Phi) is 4.74. The first-order chi connectivity index (χ1) is 12.0. The zero-order valence-corrected chi connectivity index (χ0v) is 14.1. The molecular weight excluding hydrogens is 318 g/mol. The van der Waals surface area contributed by atoms with Gasteiger partial charge in [0.25, 0.3) is 11.5 Å². The molecule has 0 saturated carbocycles. The fourth-order valence-electron chi connectivity index (χ4n) is 2.57. The molecule has 128 valence electrons. The van der Waals surface area contributed by atoms with E-state index in [0.29, 0.717) is 18.5 Å². The molecule has 0 aliphatic carbocycles. The van der Waals surface area contributed by atoms with Gasteiger partial charge in [-0.05, 0) is 30.5 Å². The molecule has 7 nitrogen and oxygen atoms in total. The van der Waals surface area contributed by atoms with Gasteiger partial charge in [0.05, 0.1) is 0 Å². The van der Waals surface area contributed by atoms with E-state index in [1.807, 2.05) is 30.3 Å². The lowest BCUT2D eigenvalue weighted by atomic mass is 10.1. The van der Waals surface area contributed by atoms with Crippen molar-refractivity contribution in [3.63, 3.8) is 0 Å². The molecular formula is C18H19N5O2. The van der Waals surface area contributed by atoms with E-state index in [9.17, 15) is 9.59 Å². The normalized spacial score (nSPS) is 10.6. The van der Waals surface area contributed by atoms with Crippen LogP contribution in [-0.4, -0.2) is 25.2 Å². The van der Waals surface area contributed by atoms with Gasteiger partial charge in [0, 0.05) is 19.8 Å². The molecule has 0 aliphatic rings. The SMILES string of the molecule is Cc1ccn(CCc2ccccc2)c(=O)c1C(=O)Nc1ncn(C)n1. The van der Waals surface area contributed by atoms with Crippen LogP contribution in [0.15, 0.2) is 53.7 Å². The number of hydrogen-bond acceptors (Lipinski definition) is 4. The van der Waals surface area contributed by atoms with E-state index in [0.717, 1.165) is 5.56 Å². The summed E-state index contributed by atoms with van der Waals surface area (Å²) in [5.41, 5.74) is 1.56. The van der Waals surface area contributed by atoms with Crippen LogP contribution in [0.3, 0.4) is 0 Å². The molecule has 0 aliphatic heterocycles. The summed E-state index contributed by atoms with van der Waals surface area (Å²) in [7, 11) is 1.70. The summed E-state index contributed by atoms with van der Waals surface area (Å²) in [6.07, 6.45) is 3.91. The van der Waals surface area contributed by atoms with Crippen LogP contribution in [0.2, 0.25) is 0 Å². The molecule has 1 aromatic carbocycles. The molecule has 0 bridgehead atoms. The van der Waals surface area contributed by atoms with Crippen LogP contribution in [-0.2, 0) is 20.0 Å². The lowest BCUT2D eigenvalue weighted by Crippen LogP contribution is -2.30. The molecule has 25 heavy (non-hydrogen) atoms. The quantitative estimate of drug-likeness (QED) is 0.769. The molecule has 0 unspecified atom stereocenters. The van der Waals surface area contributed by atoms with Crippen molar-refractivity contribution in [3.05, 3.63) is 76.0 Å². The Morgan fingerprint density at radius 2 is 1.96 bits per heavy atom. The van der Waals surface area contributed by atoms with Crippen LogP contribution >= 0.6 is 0 Å². The largest absolute Gasteiger partial charge is 0.315 e. The highest BCUT2D eigenvalue weighted by Crippen LogP contribution is 2.07. The summed E-state index contributed by atoms with van der Waals surface area (Å²) in [6.45, 7) is 2.24. The molecule has 3 rings (SSSR count). The van der Waals surface area contributed by atoms with Crippen LogP contribution in [0.5, 0.6) is 0 Å². The van der Waals surface area contributed by atoms with E-state index in [2.05, 4.69) is 15.4 Å². The number of pyridine rings is 1. The number of aryl methyl sites for hydroxylation is 4. The maximum Gasteiger partial charge on any atom is 0.263 e. The first-order valence-electron chi connectivity index (χ1n) is 7.95. The predicted octanol–water partition coefficient (Wildman–Crippen LogP) is 1.78. The van der Waals surface area contributed by atoms with Crippen molar-refractivity contribution >= 4 is 11.9 Å². The second kappa shape index (κ2) is 7.12. The third kappa shape index (κ3) is 3.82. The average molecular weight is 337 g/mol. The molecule has 1 N–H and O–H groups in total. The van der Waals surface area contributed by atoms with Crippen molar-refractivity contribution < 1.29 is 4.79 Å². The van der Waals surface area contributed by atoms with Gasteiger partial charge in [0.2, 0.25) is 5.95 Å². The van der Waals surface area contributed by atoms with E-state index < -0.39 is 5.91 Å². The summed E-state index contributed by atoms with van der Waals surface area (Å²) in [6, 6.07) is 11.7. The van der Waals surface area contributed by atoms with Gasteiger partial charge in [-0.15, -0.1) is 5.10 Å². The molecule has 7 heteroatoms. The van der Waals surface area contributed by atoms with Gasteiger partial charge in [-0.1, -0.05) is 30.3 Å². The average Bonchev–Trinajstić information content (AvgIpc) is 3.00. The molecule has 0 spiro atoms. The second-order valence-corrected chi connectivity index (χ2v) is 5.80. The molecule has 3 aromatic rings. The van der Waals surface area contributed by atoms with E-state index in [1.54, 1.807) is 30.8 Å². The zero-order chi connectivity index (χ0) is 17.8. The first-order valence-corrected chi connectivity index (χ1v) is 7.95. The predicted molar refractivity (Wildman–Crippen MR) is 94.5 cm³/mol. The summed E-state index contributed by atoms with van der Waals surface area (Å²) in [4.78, 5) is 29.1. The summed E-state index contributed by atoms with van der Waals surface area (Å²) in [5, 5.41) is 6.57. The Hall–Kier alpha value is -3.22. The number of benzene rings is 1. The van der Waals surface area contributed by atoms with Crippen molar-refractivity contribution in [2.45, 2.75) is 19.9 Å². The minimum absolute atomic E-state index is 0.114. The number of aromatic nitrogens is 4. The number of rotatable bonds is 5. The fourth-order valence-corrected chi connectivity index (χ4v) is 2.57. The van der Waals surface area contributed by atoms with E-state index in [1.165, 1.54) is 11.0 Å². The van der Waals surface area contributed by atoms with Gasteiger partial charge in [-0.2, -0.15) is 0 Å². The number of nitrogens with zero attached hydrogens (tertiary/aromatic N) is 4. The monoisotopic (exact) mass is 337 g/mol. The molecule has 2 aromatic heterocycles. The Balaban J connectivity index is 1.82. The van der Waals surface area contributed by atoms with Gasteiger partial charge in [-0.25, -0.2) is 4.98 Å². The maximum absolute atomic E-state index is 12.7. The highest BCUT2D eigenvalue weighted by atomic mass is 16.2. The minimum Gasteiger partial charge on any atom is -0.315 e. The second-order valence-electron chi connectivity index (χ2n) is 5.80. The van der Waals surface area contributed by atoms with Crippen molar-refractivity contribution in [2.24, 2.45) is 7.05 Å². The topological polar surface area (TPSA) is 81.8 Å². The van der Waals surface area contributed by atoms with Crippen LogP contribution in [0, 0.1) is 6.92 Å². The van der Waals surface area contributed by atoms with Crippen LogP contribution in [0.1, 0.15) is 21.5 Å². The fraction of sp³-hybridized carbons (Fsp3) is 0.222. The number of nitrogens with one attached hydrogen (secondary N) is 1. The van der Waals surface area contributed by atoms with Gasteiger partial charge in [0.1, 0.15) is 11.9 Å². The number of carbonyl (C=O) groups excluding carboxylic acids is 1. The summed E-state index contributed by atoms with van der Waals surface area (Å²) >= 11 is 0. The van der Waals surface area contributed by atoms with Gasteiger partial charge < -0.3 is 4.57 Å². The van der Waals surface area contributed by atoms with Crippen LogP contribution in [0.4, 0.5) is 5.95 Å². The smallest absolute Gasteiger partial charge is 0.263 e. The molecule has 0 fully saturated rings. The third-order valence-electron chi connectivity index (χ3n) is 3.91. The number of amides is 1. The van der Waals surface area contributed by atoms with Crippen molar-refractivity contribution in [3.8, 4) is 0 Å². The van der Waals surface area contributed by atoms with E-state index in [4.69, 9.17) is 0 Å². The van der Waals surface area contributed by atoms with Gasteiger partial charge in [-0.3, -0.25) is 19.6 Å². The van der Waals surface area contributed by atoms with Gasteiger partial charge >= 0.3 is 0 Å². The summed E-state index contributed by atoms with van der Waals surface area (Å²) in [5.74, 6) is -0.325. The number of carbonyl (C=O) groups is 1. The van der Waals surface area contributed by atoms with Gasteiger partial charge in [0.15, 0.2) is 0 Å². The third-order valence-corrected chi connectivity index (χ3v) is 3.91.